The van der Waals surface area contributed by atoms with Crippen molar-refractivity contribution < 1.29 is 0 Å². The zero-order valence-corrected chi connectivity index (χ0v) is 12.5. The van der Waals surface area contributed by atoms with Gasteiger partial charge < -0.3 is 5.32 Å². The largest absolute Gasteiger partial charge is 0.366 e. The van der Waals surface area contributed by atoms with E-state index in [1.807, 2.05) is 11.6 Å². The number of nitrogens with one attached hydrogen (secondary N) is 1. The number of fused-ring (bicyclic) bond motifs is 1. The van der Waals surface area contributed by atoms with Gasteiger partial charge >= 0.3 is 0 Å². The van der Waals surface area contributed by atoms with Gasteiger partial charge in [-0.2, -0.15) is 5.10 Å². The normalized spacial score (nSPS) is 12.9. The van der Waals surface area contributed by atoms with Gasteiger partial charge in [-0.05, 0) is 27.2 Å². The molecule has 2 heterocycles. The van der Waals surface area contributed by atoms with Gasteiger partial charge in [-0.1, -0.05) is 13.8 Å². The molecule has 2 rings (SSSR count). The van der Waals surface area contributed by atoms with E-state index in [-0.39, 0.29) is 0 Å². The molecule has 0 bridgehead atoms. The highest BCUT2D eigenvalue weighted by atomic mass is 15.3. The van der Waals surface area contributed by atoms with Crippen LogP contribution < -0.4 is 5.32 Å². The number of hydrogen-bond donors (Lipinski definition) is 1. The molecule has 0 aliphatic heterocycles. The third kappa shape index (κ3) is 2.55. The van der Waals surface area contributed by atoms with Crippen LogP contribution in [0.4, 0.5) is 5.82 Å². The summed E-state index contributed by atoms with van der Waals surface area (Å²) in [6.07, 6.45) is 1.90. The Morgan fingerprint density at radius 2 is 1.95 bits per heavy atom. The summed E-state index contributed by atoms with van der Waals surface area (Å²) in [5, 5.41) is 8.04. The Hall–Kier alpha value is -1.65. The van der Waals surface area contributed by atoms with E-state index in [2.05, 4.69) is 48.1 Å². The fraction of sp³-hybridized carbons (Fsp3) is 0.643. The van der Waals surface area contributed by atoms with Crippen LogP contribution in [-0.4, -0.2) is 25.8 Å². The van der Waals surface area contributed by atoms with E-state index >= 15 is 0 Å². The minimum atomic E-state index is 0.392. The average Bonchev–Trinajstić information content (AvgIpc) is 2.75. The molecule has 0 amide bonds. The van der Waals surface area contributed by atoms with Gasteiger partial charge in [0.05, 0.1) is 5.69 Å². The average molecular weight is 261 g/mol. The molecule has 0 aliphatic carbocycles. The van der Waals surface area contributed by atoms with Crippen molar-refractivity contribution in [3.05, 3.63) is 11.5 Å². The molecular weight excluding hydrogens is 238 g/mol. The molecule has 104 valence electrons. The van der Waals surface area contributed by atoms with Crippen LogP contribution in [0.5, 0.6) is 0 Å². The second-order valence-electron chi connectivity index (χ2n) is 4.89. The van der Waals surface area contributed by atoms with Gasteiger partial charge in [-0.15, -0.1) is 0 Å². The zero-order chi connectivity index (χ0) is 14.0. The van der Waals surface area contributed by atoms with Crippen molar-refractivity contribution >= 4 is 16.9 Å². The van der Waals surface area contributed by atoms with Gasteiger partial charge in [0, 0.05) is 19.0 Å². The van der Waals surface area contributed by atoms with Crippen LogP contribution in [-0.2, 0) is 13.0 Å². The van der Waals surface area contributed by atoms with Crippen molar-refractivity contribution in [2.24, 2.45) is 0 Å². The Morgan fingerprint density at radius 1 is 1.21 bits per heavy atom. The monoisotopic (exact) mass is 261 g/mol. The maximum absolute atomic E-state index is 4.65. The lowest BCUT2D eigenvalue weighted by Crippen LogP contribution is -2.16. The molecule has 1 atom stereocenters. The number of aromatic nitrogens is 4. The lowest BCUT2D eigenvalue weighted by molar-refractivity contribution is 0.673. The number of rotatable bonds is 5. The molecular formula is C14H23N5. The van der Waals surface area contributed by atoms with Crippen molar-refractivity contribution in [2.75, 3.05) is 5.32 Å². The first-order chi connectivity index (χ1) is 9.10. The maximum atomic E-state index is 4.65. The molecule has 0 fully saturated rings. The summed E-state index contributed by atoms with van der Waals surface area (Å²) < 4.78 is 1.98. The Morgan fingerprint density at radius 3 is 2.53 bits per heavy atom. The van der Waals surface area contributed by atoms with Gasteiger partial charge in [-0.3, -0.25) is 4.68 Å². The van der Waals surface area contributed by atoms with Crippen molar-refractivity contribution in [2.45, 2.75) is 60.0 Å². The van der Waals surface area contributed by atoms with Crippen LogP contribution >= 0.6 is 0 Å². The van der Waals surface area contributed by atoms with Crippen LogP contribution in [0.25, 0.3) is 11.0 Å². The molecule has 0 saturated carbocycles. The highest BCUT2D eigenvalue weighted by Gasteiger charge is 2.16. The summed E-state index contributed by atoms with van der Waals surface area (Å²) in [7, 11) is 0. The Bertz CT molecular complexity index is 573. The smallest absolute Gasteiger partial charge is 0.156 e. The van der Waals surface area contributed by atoms with Crippen molar-refractivity contribution in [1.82, 2.24) is 19.7 Å². The van der Waals surface area contributed by atoms with Gasteiger partial charge in [0.1, 0.15) is 16.9 Å². The van der Waals surface area contributed by atoms with Crippen LogP contribution in [0, 0.1) is 6.92 Å². The topological polar surface area (TPSA) is 55.6 Å². The van der Waals surface area contributed by atoms with Crippen LogP contribution in [0.2, 0.25) is 0 Å². The second-order valence-corrected chi connectivity index (χ2v) is 4.89. The molecule has 0 aromatic carbocycles. The summed E-state index contributed by atoms with van der Waals surface area (Å²) in [6.45, 7) is 11.3. The molecule has 5 nitrogen and oxygen atoms in total. The molecule has 5 heteroatoms. The summed E-state index contributed by atoms with van der Waals surface area (Å²) in [4.78, 5) is 9.27. The fourth-order valence-corrected chi connectivity index (χ4v) is 2.10. The highest BCUT2D eigenvalue weighted by Crippen LogP contribution is 2.24. The van der Waals surface area contributed by atoms with E-state index in [4.69, 9.17) is 0 Å². The molecule has 0 radical (unpaired) electrons. The van der Waals surface area contributed by atoms with Gasteiger partial charge in [0.2, 0.25) is 0 Å². The molecule has 0 aliphatic rings. The predicted octanol–water partition coefficient (Wildman–Crippen LogP) is 2.93. The van der Waals surface area contributed by atoms with Crippen LogP contribution in [0.3, 0.4) is 0 Å². The SMILES string of the molecule is CCc1nc(N[C@H](C)CC)c2c(n1)c(C)nn2CC. The summed E-state index contributed by atoms with van der Waals surface area (Å²) in [6, 6.07) is 0.392. The maximum Gasteiger partial charge on any atom is 0.156 e. The standard InChI is InChI=1S/C14H23N5/c1-6-9(4)15-14-13-12(16-11(7-2)17-14)10(5)18-19(13)8-3/h9H,6-8H2,1-5H3,(H,15,16,17)/t9-/m1/s1. The van der Waals surface area contributed by atoms with Gasteiger partial charge in [-0.25, -0.2) is 9.97 Å². The molecule has 0 spiro atoms. The Labute approximate surface area is 114 Å². The quantitative estimate of drug-likeness (QED) is 0.899. The van der Waals surface area contributed by atoms with E-state index in [1.54, 1.807) is 0 Å². The summed E-state index contributed by atoms with van der Waals surface area (Å²) in [5.41, 5.74) is 2.97. The van der Waals surface area contributed by atoms with Crippen molar-refractivity contribution in [1.29, 1.82) is 0 Å². The van der Waals surface area contributed by atoms with Gasteiger partial charge in [0.15, 0.2) is 5.82 Å². The van der Waals surface area contributed by atoms with Crippen molar-refractivity contribution in [3.63, 3.8) is 0 Å². The van der Waals surface area contributed by atoms with Crippen LogP contribution in [0.1, 0.15) is 45.6 Å². The minimum Gasteiger partial charge on any atom is -0.366 e. The number of nitrogens with zero attached hydrogens (tertiary/aromatic N) is 4. The van der Waals surface area contributed by atoms with Crippen molar-refractivity contribution in [3.8, 4) is 0 Å². The van der Waals surface area contributed by atoms with E-state index in [9.17, 15) is 0 Å². The molecule has 0 saturated heterocycles. The molecule has 1 N–H and O–H groups in total. The minimum absolute atomic E-state index is 0.392. The third-order valence-electron chi connectivity index (χ3n) is 3.41. The number of hydrogen-bond acceptors (Lipinski definition) is 4. The highest BCUT2D eigenvalue weighted by molar-refractivity contribution is 5.87. The van der Waals surface area contributed by atoms with E-state index in [0.717, 1.165) is 47.8 Å². The first-order valence-electron chi connectivity index (χ1n) is 7.11. The summed E-state index contributed by atoms with van der Waals surface area (Å²) in [5.74, 6) is 1.79. The van der Waals surface area contributed by atoms with E-state index in [0.29, 0.717) is 6.04 Å². The Balaban J connectivity index is 2.63. The Kier molecular flexibility index (Phi) is 4.02. The van der Waals surface area contributed by atoms with E-state index < -0.39 is 0 Å². The van der Waals surface area contributed by atoms with Gasteiger partial charge in [0.25, 0.3) is 0 Å². The lowest BCUT2D eigenvalue weighted by Gasteiger charge is -2.14. The third-order valence-corrected chi connectivity index (χ3v) is 3.41. The zero-order valence-electron chi connectivity index (χ0n) is 12.5. The van der Waals surface area contributed by atoms with E-state index in [1.165, 1.54) is 0 Å². The second kappa shape index (κ2) is 5.55. The first kappa shape index (κ1) is 13.8. The number of anilines is 1. The molecule has 2 aromatic heterocycles. The summed E-state index contributed by atoms with van der Waals surface area (Å²) >= 11 is 0. The molecule has 0 unspecified atom stereocenters. The lowest BCUT2D eigenvalue weighted by atomic mass is 10.2. The predicted molar refractivity (Wildman–Crippen MR) is 78.5 cm³/mol. The molecule has 2 aromatic rings. The first-order valence-corrected chi connectivity index (χ1v) is 7.11. The number of aryl methyl sites for hydroxylation is 3. The van der Waals surface area contributed by atoms with Crippen LogP contribution in [0.15, 0.2) is 0 Å². The molecule has 19 heavy (non-hydrogen) atoms. The fourth-order valence-electron chi connectivity index (χ4n) is 2.10.